The Labute approximate surface area is 147 Å². The number of benzene rings is 1. The molecular weight excluding hydrogens is 352 g/mol. The summed E-state index contributed by atoms with van der Waals surface area (Å²) in [6.07, 6.45) is -2.04. The predicted molar refractivity (Wildman–Crippen MR) is 87.0 cm³/mol. The Balaban J connectivity index is 2.01. The fourth-order valence-electron chi connectivity index (χ4n) is 3.10. The molecule has 1 aliphatic heterocycles. The van der Waals surface area contributed by atoms with Crippen LogP contribution in [0.5, 0.6) is 0 Å². The van der Waals surface area contributed by atoms with E-state index >= 15 is 0 Å². The number of aromatic nitrogens is 2. The minimum atomic E-state index is -4.87. The lowest BCUT2D eigenvalue weighted by molar-refractivity contribution is -0.138. The number of carbonyl (C=O) groups is 1. The van der Waals surface area contributed by atoms with Gasteiger partial charge in [0.05, 0.1) is 16.8 Å². The number of nitrogens with one attached hydrogen (secondary N) is 2. The standard InChI is InChI=1S/C17H18F4N4O/c1-25-14(4-6-23-25)10-7-12(17(19,20)21)15(13(18)8-10)16(26)24-11-3-2-5-22-9-11/h4,6-8,11,22H,2-3,5,9H2,1H3,(H,24,26). The highest BCUT2D eigenvalue weighted by Gasteiger charge is 2.38. The van der Waals surface area contributed by atoms with E-state index in [0.717, 1.165) is 25.1 Å². The van der Waals surface area contributed by atoms with E-state index in [9.17, 15) is 22.4 Å². The summed E-state index contributed by atoms with van der Waals surface area (Å²) >= 11 is 0. The van der Waals surface area contributed by atoms with Gasteiger partial charge in [0.1, 0.15) is 5.82 Å². The maximum Gasteiger partial charge on any atom is 0.417 e. The lowest BCUT2D eigenvalue weighted by atomic mass is 9.99. The van der Waals surface area contributed by atoms with Crippen molar-refractivity contribution in [1.29, 1.82) is 0 Å². The van der Waals surface area contributed by atoms with Crippen molar-refractivity contribution in [2.45, 2.75) is 25.1 Å². The SMILES string of the molecule is Cn1nccc1-c1cc(F)c(C(=O)NC2CCCNC2)c(C(F)(F)F)c1. The van der Waals surface area contributed by atoms with Crippen molar-refractivity contribution in [1.82, 2.24) is 20.4 Å². The van der Waals surface area contributed by atoms with Crippen molar-refractivity contribution < 1.29 is 22.4 Å². The largest absolute Gasteiger partial charge is 0.417 e. The fourth-order valence-corrected chi connectivity index (χ4v) is 3.10. The summed E-state index contributed by atoms with van der Waals surface area (Å²) < 4.78 is 56.4. The zero-order valence-electron chi connectivity index (χ0n) is 14.0. The second-order valence-corrected chi connectivity index (χ2v) is 6.24. The van der Waals surface area contributed by atoms with Crippen molar-refractivity contribution in [3.05, 3.63) is 41.3 Å². The normalized spacial score (nSPS) is 18.0. The van der Waals surface area contributed by atoms with E-state index in [0.29, 0.717) is 18.7 Å². The molecule has 0 saturated carbocycles. The molecule has 26 heavy (non-hydrogen) atoms. The highest BCUT2D eigenvalue weighted by atomic mass is 19.4. The molecule has 2 heterocycles. The second kappa shape index (κ2) is 7.06. The molecule has 1 aliphatic rings. The molecule has 0 bridgehead atoms. The van der Waals surface area contributed by atoms with E-state index in [1.165, 1.54) is 24.0 Å². The number of aryl methyl sites for hydroxylation is 1. The van der Waals surface area contributed by atoms with Gasteiger partial charge in [0, 0.05) is 31.4 Å². The highest BCUT2D eigenvalue weighted by Crippen LogP contribution is 2.36. The van der Waals surface area contributed by atoms with Crippen molar-refractivity contribution >= 4 is 5.91 Å². The summed E-state index contributed by atoms with van der Waals surface area (Å²) in [5.74, 6) is -2.27. The van der Waals surface area contributed by atoms with Crippen molar-refractivity contribution in [2.75, 3.05) is 13.1 Å². The Morgan fingerprint density at radius 1 is 1.38 bits per heavy atom. The molecule has 1 unspecified atom stereocenters. The maximum absolute atomic E-state index is 14.6. The molecule has 1 aromatic carbocycles. The van der Waals surface area contributed by atoms with Gasteiger partial charge in [-0.25, -0.2) is 4.39 Å². The molecule has 1 aromatic heterocycles. The van der Waals surface area contributed by atoms with Crippen LogP contribution in [0.4, 0.5) is 17.6 Å². The number of piperidine rings is 1. The van der Waals surface area contributed by atoms with E-state index in [2.05, 4.69) is 15.7 Å². The first-order valence-electron chi connectivity index (χ1n) is 8.18. The highest BCUT2D eigenvalue weighted by molar-refractivity contribution is 5.97. The van der Waals surface area contributed by atoms with Crippen molar-refractivity contribution in [2.24, 2.45) is 7.05 Å². The molecule has 1 saturated heterocycles. The van der Waals surface area contributed by atoms with Crippen LogP contribution < -0.4 is 10.6 Å². The van der Waals surface area contributed by atoms with E-state index in [4.69, 9.17) is 0 Å². The van der Waals surface area contributed by atoms with Crippen LogP contribution in [0.1, 0.15) is 28.8 Å². The van der Waals surface area contributed by atoms with E-state index in [1.807, 2.05) is 0 Å². The molecular formula is C17H18F4N4O. The fraction of sp³-hybridized carbons (Fsp3) is 0.412. The molecule has 1 amide bonds. The minimum absolute atomic E-state index is 0.00529. The molecule has 2 N–H and O–H groups in total. The zero-order valence-corrected chi connectivity index (χ0v) is 14.0. The van der Waals surface area contributed by atoms with Gasteiger partial charge in [-0.3, -0.25) is 9.48 Å². The third-order valence-corrected chi connectivity index (χ3v) is 4.37. The average molecular weight is 370 g/mol. The number of hydrogen-bond acceptors (Lipinski definition) is 3. The predicted octanol–water partition coefficient (Wildman–Crippen LogP) is 2.73. The first-order chi connectivity index (χ1) is 12.3. The lowest BCUT2D eigenvalue weighted by Crippen LogP contribution is -2.46. The quantitative estimate of drug-likeness (QED) is 0.817. The lowest BCUT2D eigenvalue weighted by Gasteiger charge is -2.24. The number of alkyl halides is 3. The van der Waals surface area contributed by atoms with Crippen LogP contribution in [0.25, 0.3) is 11.3 Å². The first kappa shape index (κ1) is 18.4. The number of hydrogen-bond donors (Lipinski definition) is 2. The molecule has 9 heteroatoms. The minimum Gasteiger partial charge on any atom is -0.348 e. The van der Waals surface area contributed by atoms with Crippen LogP contribution in [-0.2, 0) is 13.2 Å². The van der Waals surface area contributed by atoms with Crippen LogP contribution >= 0.6 is 0 Å². The van der Waals surface area contributed by atoms with Gasteiger partial charge >= 0.3 is 6.18 Å². The van der Waals surface area contributed by atoms with E-state index in [1.54, 1.807) is 0 Å². The third-order valence-electron chi connectivity index (χ3n) is 4.37. The monoisotopic (exact) mass is 370 g/mol. The summed E-state index contributed by atoms with van der Waals surface area (Å²) in [5, 5.41) is 9.42. The van der Waals surface area contributed by atoms with Crippen LogP contribution in [0.3, 0.4) is 0 Å². The summed E-state index contributed by atoms with van der Waals surface area (Å²) in [7, 11) is 1.54. The van der Waals surface area contributed by atoms with Crippen LogP contribution in [0.15, 0.2) is 24.4 Å². The maximum atomic E-state index is 14.6. The molecule has 5 nitrogen and oxygen atoms in total. The Kier molecular flexibility index (Phi) is 4.99. The Morgan fingerprint density at radius 2 is 2.15 bits per heavy atom. The van der Waals surface area contributed by atoms with E-state index < -0.39 is 29.0 Å². The first-order valence-corrected chi connectivity index (χ1v) is 8.18. The van der Waals surface area contributed by atoms with Gasteiger partial charge in [0.2, 0.25) is 0 Å². The molecule has 140 valence electrons. The van der Waals surface area contributed by atoms with Gasteiger partial charge in [0.15, 0.2) is 0 Å². The topological polar surface area (TPSA) is 59.0 Å². The van der Waals surface area contributed by atoms with E-state index in [-0.39, 0.29) is 11.6 Å². The Bertz CT molecular complexity index is 810. The third kappa shape index (κ3) is 3.72. The molecule has 1 fully saturated rings. The summed E-state index contributed by atoms with van der Waals surface area (Å²) in [5.41, 5.74) is -1.95. The summed E-state index contributed by atoms with van der Waals surface area (Å²) in [6.45, 7) is 1.23. The van der Waals surface area contributed by atoms with Gasteiger partial charge in [-0.2, -0.15) is 18.3 Å². The van der Waals surface area contributed by atoms with Gasteiger partial charge in [-0.1, -0.05) is 0 Å². The number of halogens is 4. The molecule has 0 spiro atoms. The molecule has 0 aliphatic carbocycles. The van der Waals surface area contributed by atoms with Crippen molar-refractivity contribution in [3.8, 4) is 11.3 Å². The number of nitrogens with zero attached hydrogens (tertiary/aromatic N) is 2. The van der Waals surface area contributed by atoms with Gasteiger partial charge in [-0.05, 0) is 37.6 Å². The van der Waals surface area contributed by atoms with Gasteiger partial charge in [-0.15, -0.1) is 0 Å². The molecule has 3 rings (SSSR count). The van der Waals surface area contributed by atoms with Gasteiger partial charge in [0.25, 0.3) is 5.91 Å². The summed E-state index contributed by atoms with van der Waals surface area (Å²) in [6, 6.07) is 2.87. The molecule has 2 aromatic rings. The van der Waals surface area contributed by atoms with Crippen LogP contribution in [-0.4, -0.2) is 34.8 Å². The zero-order chi connectivity index (χ0) is 18.9. The number of rotatable bonds is 3. The number of amides is 1. The summed E-state index contributed by atoms with van der Waals surface area (Å²) in [4.78, 5) is 12.4. The van der Waals surface area contributed by atoms with Crippen LogP contribution in [0.2, 0.25) is 0 Å². The van der Waals surface area contributed by atoms with Crippen molar-refractivity contribution in [3.63, 3.8) is 0 Å². The average Bonchev–Trinajstić information content (AvgIpc) is 3.00. The molecule has 0 radical (unpaired) electrons. The Hall–Kier alpha value is -2.42. The van der Waals surface area contributed by atoms with Crippen LogP contribution in [0, 0.1) is 5.82 Å². The number of carbonyl (C=O) groups excluding carboxylic acids is 1. The molecule has 1 atom stereocenters. The smallest absolute Gasteiger partial charge is 0.348 e. The second-order valence-electron chi connectivity index (χ2n) is 6.24. The Morgan fingerprint density at radius 3 is 2.73 bits per heavy atom. The van der Waals surface area contributed by atoms with Gasteiger partial charge < -0.3 is 10.6 Å².